The monoisotopic (exact) mass is 114 g/mol. The lowest BCUT2D eigenvalue weighted by Gasteiger charge is -1.94. The molecule has 0 bridgehead atoms. The van der Waals surface area contributed by atoms with Gasteiger partial charge in [0, 0.05) is 0 Å². The molecule has 0 aromatic heterocycles. The standard InChI is InChI=1S/C7H14O/c1-3-5-7-8-6-4-2/h4,6H,3,5,7H2,1-2H3/b6-4-. The van der Waals surface area contributed by atoms with Gasteiger partial charge < -0.3 is 4.74 Å². The maximum atomic E-state index is 5.04. The second kappa shape index (κ2) is 6.54. The smallest absolute Gasteiger partial charge is 0.0873 e. The first-order valence-corrected chi connectivity index (χ1v) is 3.14. The average molecular weight is 114 g/mol. The first kappa shape index (κ1) is 7.54. The van der Waals surface area contributed by atoms with Gasteiger partial charge in [-0.15, -0.1) is 0 Å². The summed E-state index contributed by atoms with van der Waals surface area (Å²) >= 11 is 0. The molecule has 0 rings (SSSR count). The van der Waals surface area contributed by atoms with Crippen molar-refractivity contribution in [1.29, 1.82) is 0 Å². The van der Waals surface area contributed by atoms with E-state index in [-0.39, 0.29) is 0 Å². The Bertz CT molecular complexity index is 57.4. The molecular formula is C7H14O. The molecule has 0 fully saturated rings. The summed E-state index contributed by atoms with van der Waals surface area (Å²) in [6, 6.07) is 0. The molecule has 0 aliphatic rings. The van der Waals surface area contributed by atoms with E-state index < -0.39 is 0 Å². The minimum atomic E-state index is 0.862. The Morgan fingerprint density at radius 1 is 1.50 bits per heavy atom. The van der Waals surface area contributed by atoms with E-state index in [1.807, 2.05) is 13.0 Å². The van der Waals surface area contributed by atoms with E-state index in [2.05, 4.69) is 6.92 Å². The van der Waals surface area contributed by atoms with Crippen LogP contribution >= 0.6 is 0 Å². The SMILES string of the molecule is C/C=C\OCCCC. The summed E-state index contributed by atoms with van der Waals surface area (Å²) in [5, 5.41) is 0. The molecule has 0 unspecified atom stereocenters. The van der Waals surface area contributed by atoms with Crippen molar-refractivity contribution in [3.05, 3.63) is 12.3 Å². The molecule has 0 atom stereocenters. The van der Waals surface area contributed by atoms with Crippen molar-refractivity contribution < 1.29 is 4.74 Å². The molecule has 0 N–H and O–H groups in total. The highest BCUT2D eigenvalue weighted by Gasteiger charge is 1.77. The van der Waals surface area contributed by atoms with Crippen molar-refractivity contribution in [1.82, 2.24) is 0 Å². The molecule has 48 valence electrons. The normalized spacial score (nSPS) is 10.2. The van der Waals surface area contributed by atoms with Gasteiger partial charge in [-0.25, -0.2) is 0 Å². The van der Waals surface area contributed by atoms with Gasteiger partial charge in [-0.3, -0.25) is 0 Å². The van der Waals surface area contributed by atoms with Crippen LogP contribution in [0.15, 0.2) is 12.3 Å². The van der Waals surface area contributed by atoms with Crippen molar-refractivity contribution in [2.75, 3.05) is 6.61 Å². The van der Waals surface area contributed by atoms with Gasteiger partial charge in [0.25, 0.3) is 0 Å². The van der Waals surface area contributed by atoms with E-state index >= 15 is 0 Å². The molecule has 8 heavy (non-hydrogen) atoms. The van der Waals surface area contributed by atoms with Crippen LogP contribution in [0.3, 0.4) is 0 Å². The van der Waals surface area contributed by atoms with Crippen molar-refractivity contribution in [2.45, 2.75) is 26.7 Å². The fourth-order valence-corrected chi connectivity index (χ4v) is 0.392. The fraction of sp³-hybridized carbons (Fsp3) is 0.714. The molecule has 0 amide bonds. The highest BCUT2D eigenvalue weighted by molar-refractivity contribution is 4.64. The molecule has 0 saturated carbocycles. The maximum absolute atomic E-state index is 5.04. The van der Waals surface area contributed by atoms with Crippen molar-refractivity contribution in [2.24, 2.45) is 0 Å². The lowest BCUT2D eigenvalue weighted by atomic mass is 10.4. The Labute approximate surface area is 51.4 Å². The summed E-state index contributed by atoms with van der Waals surface area (Å²) in [5.74, 6) is 0. The molecule has 0 heterocycles. The van der Waals surface area contributed by atoms with E-state index in [1.165, 1.54) is 6.42 Å². The molecule has 1 heteroatoms. The third kappa shape index (κ3) is 5.54. The quantitative estimate of drug-likeness (QED) is 0.402. The summed E-state index contributed by atoms with van der Waals surface area (Å²) in [6.07, 6.45) is 5.99. The molecule has 0 saturated heterocycles. The molecule has 1 nitrogen and oxygen atoms in total. The Balaban J connectivity index is 2.72. The number of rotatable bonds is 4. The molecule has 0 spiro atoms. The second-order valence-electron chi connectivity index (χ2n) is 1.69. The van der Waals surface area contributed by atoms with Crippen LogP contribution in [-0.2, 0) is 4.74 Å². The number of hydrogen-bond donors (Lipinski definition) is 0. The van der Waals surface area contributed by atoms with Crippen molar-refractivity contribution in [3.63, 3.8) is 0 Å². The topological polar surface area (TPSA) is 9.23 Å². The van der Waals surface area contributed by atoms with E-state index in [4.69, 9.17) is 4.74 Å². The third-order valence-electron chi connectivity index (χ3n) is 0.848. The maximum Gasteiger partial charge on any atom is 0.0873 e. The Hall–Kier alpha value is -0.460. The molecule has 0 aromatic carbocycles. The Kier molecular flexibility index (Phi) is 6.16. The van der Waals surface area contributed by atoms with E-state index in [9.17, 15) is 0 Å². The highest BCUT2D eigenvalue weighted by Crippen LogP contribution is 1.87. The van der Waals surface area contributed by atoms with Crippen LogP contribution in [0.2, 0.25) is 0 Å². The van der Waals surface area contributed by atoms with Gasteiger partial charge in [-0.05, 0) is 13.3 Å². The summed E-state index contributed by atoms with van der Waals surface area (Å²) in [7, 11) is 0. The Morgan fingerprint density at radius 3 is 2.75 bits per heavy atom. The summed E-state index contributed by atoms with van der Waals surface area (Å²) < 4.78 is 5.04. The molecule has 0 radical (unpaired) electrons. The molecule has 0 aliphatic carbocycles. The first-order chi connectivity index (χ1) is 3.91. The van der Waals surface area contributed by atoms with Crippen LogP contribution in [0, 0.1) is 0 Å². The van der Waals surface area contributed by atoms with Gasteiger partial charge in [0.2, 0.25) is 0 Å². The van der Waals surface area contributed by atoms with E-state index in [0.717, 1.165) is 13.0 Å². The molecule has 0 aromatic rings. The number of hydrogen-bond acceptors (Lipinski definition) is 1. The zero-order valence-corrected chi connectivity index (χ0v) is 5.68. The predicted octanol–water partition coefficient (Wildman–Crippen LogP) is 2.34. The second-order valence-corrected chi connectivity index (χ2v) is 1.69. The van der Waals surface area contributed by atoms with Crippen LogP contribution in [0.5, 0.6) is 0 Å². The lowest BCUT2D eigenvalue weighted by Crippen LogP contribution is -1.83. The van der Waals surface area contributed by atoms with E-state index in [1.54, 1.807) is 6.26 Å². The van der Waals surface area contributed by atoms with Crippen LogP contribution in [0.25, 0.3) is 0 Å². The van der Waals surface area contributed by atoms with Crippen molar-refractivity contribution in [3.8, 4) is 0 Å². The van der Waals surface area contributed by atoms with Gasteiger partial charge >= 0.3 is 0 Å². The highest BCUT2D eigenvalue weighted by atomic mass is 16.5. The van der Waals surface area contributed by atoms with Crippen LogP contribution < -0.4 is 0 Å². The summed E-state index contributed by atoms with van der Waals surface area (Å²) in [5.41, 5.74) is 0. The Morgan fingerprint density at radius 2 is 2.25 bits per heavy atom. The van der Waals surface area contributed by atoms with Gasteiger partial charge in [0.15, 0.2) is 0 Å². The number of ether oxygens (including phenoxy) is 1. The predicted molar refractivity (Wildman–Crippen MR) is 35.7 cm³/mol. The zero-order valence-electron chi connectivity index (χ0n) is 5.68. The lowest BCUT2D eigenvalue weighted by molar-refractivity contribution is 0.243. The number of unbranched alkanes of at least 4 members (excludes halogenated alkanes) is 1. The minimum Gasteiger partial charge on any atom is -0.502 e. The van der Waals surface area contributed by atoms with Gasteiger partial charge in [0.1, 0.15) is 0 Å². The number of allylic oxidation sites excluding steroid dienone is 1. The zero-order chi connectivity index (χ0) is 6.24. The minimum absolute atomic E-state index is 0.862. The summed E-state index contributed by atoms with van der Waals surface area (Å²) in [6.45, 7) is 4.96. The van der Waals surface area contributed by atoms with Gasteiger partial charge in [0.05, 0.1) is 12.9 Å². The largest absolute Gasteiger partial charge is 0.502 e. The van der Waals surface area contributed by atoms with Crippen LogP contribution in [-0.4, -0.2) is 6.61 Å². The van der Waals surface area contributed by atoms with Gasteiger partial charge in [-0.1, -0.05) is 19.4 Å². The summed E-state index contributed by atoms with van der Waals surface area (Å²) in [4.78, 5) is 0. The van der Waals surface area contributed by atoms with Crippen molar-refractivity contribution >= 4 is 0 Å². The first-order valence-electron chi connectivity index (χ1n) is 3.14. The average Bonchev–Trinajstić information content (AvgIpc) is 1.81. The molecule has 0 aliphatic heterocycles. The van der Waals surface area contributed by atoms with E-state index in [0.29, 0.717) is 0 Å². The fourth-order valence-electron chi connectivity index (χ4n) is 0.392. The van der Waals surface area contributed by atoms with Crippen LogP contribution in [0.1, 0.15) is 26.7 Å². The third-order valence-corrected chi connectivity index (χ3v) is 0.848. The van der Waals surface area contributed by atoms with Gasteiger partial charge in [-0.2, -0.15) is 0 Å². The molecular weight excluding hydrogens is 100 g/mol. The van der Waals surface area contributed by atoms with Crippen LogP contribution in [0.4, 0.5) is 0 Å².